The normalized spacial score (nSPS) is 11.5. The molecule has 2 aromatic carbocycles. The first kappa shape index (κ1) is 12.5. The van der Waals surface area contributed by atoms with Gasteiger partial charge in [0.25, 0.3) is 0 Å². The van der Waals surface area contributed by atoms with Crippen molar-refractivity contribution in [1.82, 2.24) is 0 Å². The molecule has 0 unspecified atom stereocenters. The number of nitrogen functional groups attached to an aromatic ring is 2. The molecule has 94 valence electrons. The summed E-state index contributed by atoms with van der Waals surface area (Å²) < 4.78 is 0. The van der Waals surface area contributed by atoms with Gasteiger partial charge in [0.05, 0.1) is 0 Å². The van der Waals surface area contributed by atoms with Crippen LogP contribution in [0.15, 0.2) is 42.5 Å². The molecule has 0 atom stereocenters. The van der Waals surface area contributed by atoms with Gasteiger partial charge in [0.1, 0.15) is 0 Å². The van der Waals surface area contributed by atoms with Crippen molar-refractivity contribution in [3.05, 3.63) is 48.0 Å². The Hall–Kier alpha value is -1.96. The SMILES string of the molecule is CC(C)(C)c1cccc(-c2c(N)cccc2N)c1. The van der Waals surface area contributed by atoms with E-state index in [0.29, 0.717) is 0 Å². The van der Waals surface area contributed by atoms with Crippen LogP contribution in [0.1, 0.15) is 26.3 Å². The fourth-order valence-corrected chi connectivity index (χ4v) is 2.06. The number of hydrogen-bond donors (Lipinski definition) is 2. The third-order valence-corrected chi connectivity index (χ3v) is 3.15. The monoisotopic (exact) mass is 240 g/mol. The molecular formula is C16H20N2. The summed E-state index contributed by atoms with van der Waals surface area (Å²) in [5, 5.41) is 0. The smallest absolute Gasteiger partial charge is 0.0414 e. The average molecular weight is 240 g/mol. The lowest BCUT2D eigenvalue weighted by atomic mass is 9.85. The molecule has 4 N–H and O–H groups in total. The predicted octanol–water partition coefficient (Wildman–Crippen LogP) is 3.82. The Morgan fingerprint density at radius 1 is 0.833 bits per heavy atom. The average Bonchev–Trinajstić information content (AvgIpc) is 2.28. The maximum absolute atomic E-state index is 6.03. The summed E-state index contributed by atoms with van der Waals surface area (Å²) in [6.07, 6.45) is 0. The van der Waals surface area contributed by atoms with Crippen molar-refractivity contribution in [2.45, 2.75) is 26.2 Å². The molecule has 0 amide bonds. The Kier molecular flexibility index (Phi) is 3.04. The standard InChI is InChI=1S/C16H20N2/c1-16(2,3)12-7-4-6-11(10-12)15-13(17)8-5-9-14(15)18/h4-10H,17-18H2,1-3H3. The van der Waals surface area contributed by atoms with Crippen molar-refractivity contribution in [2.75, 3.05) is 11.5 Å². The second kappa shape index (κ2) is 4.37. The van der Waals surface area contributed by atoms with Gasteiger partial charge in [0.2, 0.25) is 0 Å². The van der Waals surface area contributed by atoms with Crippen molar-refractivity contribution in [1.29, 1.82) is 0 Å². The van der Waals surface area contributed by atoms with Crippen LogP contribution in [0, 0.1) is 0 Å². The Labute approximate surface area is 109 Å². The quantitative estimate of drug-likeness (QED) is 0.745. The number of nitrogens with two attached hydrogens (primary N) is 2. The molecule has 0 aromatic heterocycles. The minimum absolute atomic E-state index is 0.119. The molecule has 0 aliphatic carbocycles. The minimum Gasteiger partial charge on any atom is -0.398 e. The summed E-state index contributed by atoms with van der Waals surface area (Å²) in [5.74, 6) is 0. The first-order chi connectivity index (χ1) is 8.39. The Bertz CT molecular complexity index is 545. The van der Waals surface area contributed by atoms with Crippen molar-refractivity contribution < 1.29 is 0 Å². The van der Waals surface area contributed by atoms with E-state index in [0.717, 1.165) is 22.5 Å². The summed E-state index contributed by atoms with van der Waals surface area (Å²) in [4.78, 5) is 0. The third kappa shape index (κ3) is 2.33. The van der Waals surface area contributed by atoms with Crippen LogP contribution < -0.4 is 11.5 Å². The lowest BCUT2D eigenvalue weighted by Gasteiger charge is -2.20. The van der Waals surface area contributed by atoms with Crippen LogP contribution in [-0.2, 0) is 5.41 Å². The summed E-state index contributed by atoms with van der Waals surface area (Å²) in [7, 11) is 0. The molecule has 0 aliphatic rings. The molecule has 0 saturated carbocycles. The van der Waals surface area contributed by atoms with E-state index in [2.05, 4.69) is 45.0 Å². The molecule has 0 saturated heterocycles. The van der Waals surface area contributed by atoms with Crippen LogP contribution in [0.4, 0.5) is 11.4 Å². The number of hydrogen-bond acceptors (Lipinski definition) is 2. The molecule has 0 heterocycles. The highest BCUT2D eigenvalue weighted by Crippen LogP contribution is 2.34. The van der Waals surface area contributed by atoms with Gasteiger partial charge in [0, 0.05) is 16.9 Å². The fourth-order valence-electron chi connectivity index (χ4n) is 2.06. The Morgan fingerprint density at radius 2 is 1.39 bits per heavy atom. The van der Waals surface area contributed by atoms with Gasteiger partial charge in [-0.25, -0.2) is 0 Å². The Morgan fingerprint density at radius 3 is 1.94 bits per heavy atom. The molecule has 2 aromatic rings. The highest BCUT2D eigenvalue weighted by Gasteiger charge is 2.15. The number of rotatable bonds is 1. The van der Waals surface area contributed by atoms with Crippen LogP contribution in [0.3, 0.4) is 0 Å². The largest absolute Gasteiger partial charge is 0.398 e. The van der Waals surface area contributed by atoms with E-state index in [9.17, 15) is 0 Å². The summed E-state index contributed by atoms with van der Waals surface area (Å²) >= 11 is 0. The fraction of sp³-hybridized carbons (Fsp3) is 0.250. The van der Waals surface area contributed by atoms with Crippen LogP contribution in [0.5, 0.6) is 0 Å². The summed E-state index contributed by atoms with van der Waals surface area (Å²) in [6.45, 7) is 6.59. The highest BCUT2D eigenvalue weighted by molar-refractivity contribution is 5.86. The van der Waals surface area contributed by atoms with E-state index in [1.807, 2.05) is 18.2 Å². The van der Waals surface area contributed by atoms with Crippen LogP contribution in [0.25, 0.3) is 11.1 Å². The zero-order valence-electron chi connectivity index (χ0n) is 11.2. The van der Waals surface area contributed by atoms with Crippen molar-refractivity contribution in [3.8, 4) is 11.1 Å². The molecule has 0 fully saturated rings. The van der Waals surface area contributed by atoms with Gasteiger partial charge < -0.3 is 11.5 Å². The van der Waals surface area contributed by atoms with Gasteiger partial charge in [-0.15, -0.1) is 0 Å². The molecule has 18 heavy (non-hydrogen) atoms. The molecule has 2 heteroatoms. The summed E-state index contributed by atoms with van der Waals surface area (Å²) in [5.41, 5.74) is 16.9. The molecule has 0 radical (unpaired) electrons. The molecular weight excluding hydrogens is 220 g/mol. The zero-order chi connectivity index (χ0) is 13.3. The van der Waals surface area contributed by atoms with Crippen LogP contribution >= 0.6 is 0 Å². The topological polar surface area (TPSA) is 52.0 Å². The number of benzene rings is 2. The maximum atomic E-state index is 6.03. The van der Waals surface area contributed by atoms with Gasteiger partial charge in [0.15, 0.2) is 0 Å². The zero-order valence-corrected chi connectivity index (χ0v) is 11.2. The second-order valence-corrected chi connectivity index (χ2v) is 5.64. The predicted molar refractivity (Wildman–Crippen MR) is 79.4 cm³/mol. The van der Waals surface area contributed by atoms with Gasteiger partial charge in [-0.1, -0.05) is 51.1 Å². The lowest BCUT2D eigenvalue weighted by molar-refractivity contribution is 0.590. The van der Waals surface area contributed by atoms with E-state index >= 15 is 0 Å². The number of anilines is 2. The van der Waals surface area contributed by atoms with Crippen molar-refractivity contribution >= 4 is 11.4 Å². The molecule has 0 aliphatic heterocycles. The van der Waals surface area contributed by atoms with Crippen molar-refractivity contribution in [3.63, 3.8) is 0 Å². The lowest BCUT2D eigenvalue weighted by Crippen LogP contribution is -2.10. The van der Waals surface area contributed by atoms with Crippen molar-refractivity contribution in [2.24, 2.45) is 0 Å². The Balaban J connectivity index is 2.59. The maximum Gasteiger partial charge on any atom is 0.0414 e. The minimum atomic E-state index is 0.119. The van der Waals surface area contributed by atoms with Crippen LogP contribution in [0.2, 0.25) is 0 Å². The van der Waals surface area contributed by atoms with E-state index in [1.54, 1.807) is 0 Å². The first-order valence-corrected chi connectivity index (χ1v) is 6.14. The first-order valence-electron chi connectivity index (χ1n) is 6.14. The van der Waals surface area contributed by atoms with Gasteiger partial charge in [-0.05, 0) is 28.7 Å². The molecule has 0 bridgehead atoms. The van der Waals surface area contributed by atoms with E-state index < -0.39 is 0 Å². The molecule has 0 spiro atoms. The summed E-state index contributed by atoms with van der Waals surface area (Å²) in [6, 6.07) is 14.1. The van der Waals surface area contributed by atoms with Gasteiger partial charge in [-0.2, -0.15) is 0 Å². The van der Waals surface area contributed by atoms with Gasteiger partial charge >= 0.3 is 0 Å². The van der Waals surface area contributed by atoms with E-state index in [4.69, 9.17) is 11.5 Å². The van der Waals surface area contributed by atoms with E-state index in [1.165, 1.54) is 5.56 Å². The van der Waals surface area contributed by atoms with Gasteiger partial charge in [-0.3, -0.25) is 0 Å². The molecule has 2 nitrogen and oxygen atoms in total. The molecule has 2 rings (SSSR count). The van der Waals surface area contributed by atoms with Crippen LogP contribution in [-0.4, -0.2) is 0 Å². The van der Waals surface area contributed by atoms with E-state index in [-0.39, 0.29) is 5.41 Å². The third-order valence-electron chi connectivity index (χ3n) is 3.15. The highest BCUT2D eigenvalue weighted by atomic mass is 14.6. The second-order valence-electron chi connectivity index (χ2n) is 5.64.